The first-order valence-corrected chi connectivity index (χ1v) is 5.10. The van der Waals surface area contributed by atoms with Gasteiger partial charge in [0.1, 0.15) is 19.0 Å². The minimum absolute atomic E-state index is 0.149. The van der Waals surface area contributed by atoms with E-state index in [4.69, 9.17) is 15.2 Å². The van der Waals surface area contributed by atoms with Gasteiger partial charge in [-0.05, 0) is 18.2 Å². The van der Waals surface area contributed by atoms with Gasteiger partial charge >= 0.3 is 5.97 Å². The fourth-order valence-corrected chi connectivity index (χ4v) is 1.17. The summed E-state index contributed by atoms with van der Waals surface area (Å²) in [6.07, 6.45) is 3.11. The highest BCUT2D eigenvalue weighted by Crippen LogP contribution is 2.20. The molecule has 0 aliphatic rings. The van der Waals surface area contributed by atoms with Crippen LogP contribution >= 0.6 is 0 Å². The largest absolute Gasteiger partial charge is 0.490 e. The number of anilines is 1. The molecule has 90 valence electrons. The van der Waals surface area contributed by atoms with E-state index in [0.29, 0.717) is 18.0 Å². The van der Waals surface area contributed by atoms with Crippen LogP contribution in [0.2, 0.25) is 0 Å². The molecule has 0 radical (unpaired) electrons. The molecule has 0 fully saturated rings. The summed E-state index contributed by atoms with van der Waals surface area (Å²) in [5.41, 5.74) is 6.33. The molecule has 2 N–H and O–H groups in total. The van der Waals surface area contributed by atoms with Crippen LogP contribution in [0.1, 0.15) is 10.4 Å². The Bertz CT molecular complexity index is 427. The number of ether oxygens (including phenoxy) is 2. The van der Waals surface area contributed by atoms with Crippen LogP contribution in [0, 0.1) is 0 Å². The molecule has 0 unspecified atom stereocenters. The van der Waals surface area contributed by atoms with Crippen molar-refractivity contribution in [1.29, 1.82) is 0 Å². The lowest BCUT2D eigenvalue weighted by Crippen LogP contribution is -2.08. The van der Waals surface area contributed by atoms with E-state index < -0.39 is 5.97 Å². The summed E-state index contributed by atoms with van der Waals surface area (Å²) in [5.74, 6) is 0.0520. The average Bonchev–Trinajstić information content (AvgIpc) is 2.35. The lowest BCUT2D eigenvalue weighted by Gasteiger charge is -2.08. The highest BCUT2D eigenvalue weighted by molar-refractivity contribution is 5.95. The smallest absolute Gasteiger partial charge is 0.340 e. The van der Waals surface area contributed by atoms with E-state index in [1.807, 2.05) is 0 Å². The van der Waals surface area contributed by atoms with Crippen molar-refractivity contribution < 1.29 is 14.3 Å². The summed E-state index contributed by atoms with van der Waals surface area (Å²) in [4.78, 5) is 11.6. The zero-order valence-electron chi connectivity index (χ0n) is 9.52. The van der Waals surface area contributed by atoms with E-state index in [0.717, 1.165) is 0 Å². The zero-order chi connectivity index (χ0) is 12.7. The number of hydrogen-bond acceptors (Lipinski definition) is 4. The Labute approximate surface area is 100 Å². The van der Waals surface area contributed by atoms with Crippen molar-refractivity contribution in [2.45, 2.75) is 0 Å². The molecule has 0 bridgehead atoms. The molecule has 0 aromatic heterocycles. The normalized spacial score (nSPS) is 9.41. The average molecular weight is 233 g/mol. The molecular weight excluding hydrogens is 218 g/mol. The van der Waals surface area contributed by atoms with E-state index in [9.17, 15) is 4.79 Å². The van der Waals surface area contributed by atoms with E-state index >= 15 is 0 Å². The minimum atomic E-state index is -0.494. The molecule has 0 saturated carbocycles. The molecule has 1 aromatic carbocycles. The van der Waals surface area contributed by atoms with Crippen molar-refractivity contribution in [2.75, 3.05) is 18.9 Å². The highest BCUT2D eigenvalue weighted by Gasteiger charge is 2.11. The Morgan fingerprint density at radius 2 is 2.00 bits per heavy atom. The van der Waals surface area contributed by atoms with Crippen molar-refractivity contribution in [1.82, 2.24) is 0 Å². The van der Waals surface area contributed by atoms with Gasteiger partial charge in [0.05, 0.1) is 5.56 Å². The Morgan fingerprint density at radius 1 is 1.29 bits per heavy atom. The van der Waals surface area contributed by atoms with Crippen LogP contribution in [0.4, 0.5) is 5.69 Å². The predicted octanol–water partition coefficient (Wildman–Crippen LogP) is 2.18. The SMILES string of the molecule is C=CCOC(=O)c1cc(OCC=C)ccc1N. The Hall–Kier alpha value is -2.23. The summed E-state index contributed by atoms with van der Waals surface area (Å²) >= 11 is 0. The number of benzene rings is 1. The third-order valence-corrected chi connectivity index (χ3v) is 1.94. The molecule has 0 saturated heterocycles. The molecule has 0 aliphatic carbocycles. The molecule has 4 nitrogen and oxygen atoms in total. The summed E-state index contributed by atoms with van der Waals surface area (Å²) in [7, 11) is 0. The van der Waals surface area contributed by atoms with Gasteiger partial charge in [-0.25, -0.2) is 4.79 Å². The van der Waals surface area contributed by atoms with Crippen molar-refractivity contribution in [2.24, 2.45) is 0 Å². The van der Waals surface area contributed by atoms with Crippen LogP contribution in [0.3, 0.4) is 0 Å². The predicted molar refractivity (Wildman–Crippen MR) is 67.0 cm³/mol. The van der Waals surface area contributed by atoms with Gasteiger partial charge in [0.2, 0.25) is 0 Å². The molecule has 0 spiro atoms. The van der Waals surface area contributed by atoms with Crippen molar-refractivity contribution >= 4 is 11.7 Å². The molecule has 0 heterocycles. The Morgan fingerprint density at radius 3 is 2.65 bits per heavy atom. The van der Waals surface area contributed by atoms with Crippen LogP contribution in [-0.2, 0) is 4.74 Å². The van der Waals surface area contributed by atoms with Gasteiger partial charge in [0, 0.05) is 5.69 Å². The molecule has 0 amide bonds. The maximum Gasteiger partial charge on any atom is 0.340 e. The maximum absolute atomic E-state index is 11.6. The lowest BCUT2D eigenvalue weighted by molar-refractivity contribution is 0.0550. The third kappa shape index (κ3) is 3.68. The zero-order valence-corrected chi connectivity index (χ0v) is 9.52. The maximum atomic E-state index is 11.6. The third-order valence-electron chi connectivity index (χ3n) is 1.94. The van der Waals surface area contributed by atoms with Crippen molar-refractivity contribution in [3.63, 3.8) is 0 Å². The van der Waals surface area contributed by atoms with Gasteiger partial charge in [-0.3, -0.25) is 0 Å². The molecule has 4 heteroatoms. The lowest BCUT2D eigenvalue weighted by atomic mass is 10.2. The Kier molecular flexibility index (Phi) is 4.81. The molecule has 1 rings (SSSR count). The first kappa shape index (κ1) is 12.8. The monoisotopic (exact) mass is 233 g/mol. The van der Waals surface area contributed by atoms with Gasteiger partial charge in [0.25, 0.3) is 0 Å². The molecule has 0 atom stereocenters. The number of nitrogen functional groups attached to an aromatic ring is 1. The van der Waals surface area contributed by atoms with E-state index in [1.54, 1.807) is 24.3 Å². The van der Waals surface area contributed by atoms with Crippen molar-refractivity contribution in [3.05, 3.63) is 49.1 Å². The topological polar surface area (TPSA) is 61.5 Å². The first-order chi connectivity index (χ1) is 8.19. The van der Waals surface area contributed by atoms with Gasteiger partial charge < -0.3 is 15.2 Å². The van der Waals surface area contributed by atoms with E-state index in [-0.39, 0.29) is 12.2 Å². The van der Waals surface area contributed by atoms with Crippen LogP contribution in [0.5, 0.6) is 5.75 Å². The quantitative estimate of drug-likeness (QED) is 0.464. The summed E-state index contributed by atoms with van der Waals surface area (Å²) < 4.78 is 10.2. The summed E-state index contributed by atoms with van der Waals surface area (Å²) in [5, 5.41) is 0. The highest BCUT2D eigenvalue weighted by atomic mass is 16.5. The second kappa shape index (κ2) is 6.37. The fourth-order valence-electron chi connectivity index (χ4n) is 1.17. The number of esters is 1. The molecular formula is C13H15NO3. The second-order valence-corrected chi connectivity index (χ2v) is 3.24. The second-order valence-electron chi connectivity index (χ2n) is 3.24. The van der Waals surface area contributed by atoms with E-state index in [2.05, 4.69) is 13.2 Å². The first-order valence-electron chi connectivity index (χ1n) is 5.10. The minimum Gasteiger partial charge on any atom is -0.490 e. The summed E-state index contributed by atoms with van der Waals surface area (Å²) in [6, 6.07) is 4.83. The standard InChI is InChI=1S/C13H15NO3/c1-3-7-16-10-5-6-12(14)11(9-10)13(15)17-8-4-2/h3-6,9H,1-2,7-8,14H2. The number of hydrogen-bond donors (Lipinski definition) is 1. The van der Waals surface area contributed by atoms with Gasteiger partial charge in [0.15, 0.2) is 0 Å². The van der Waals surface area contributed by atoms with Gasteiger partial charge in [-0.1, -0.05) is 25.3 Å². The molecule has 17 heavy (non-hydrogen) atoms. The Balaban J connectivity index is 2.85. The van der Waals surface area contributed by atoms with E-state index in [1.165, 1.54) is 6.08 Å². The van der Waals surface area contributed by atoms with Crippen LogP contribution in [0.15, 0.2) is 43.5 Å². The van der Waals surface area contributed by atoms with Crippen LogP contribution in [0.25, 0.3) is 0 Å². The van der Waals surface area contributed by atoms with Gasteiger partial charge in [-0.15, -0.1) is 0 Å². The summed E-state index contributed by atoms with van der Waals surface area (Å²) in [6.45, 7) is 7.52. The number of nitrogens with two attached hydrogens (primary N) is 1. The van der Waals surface area contributed by atoms with Gasteiger partial charge in [-0.2, -0.15) is 0 Å². The number of carbonyl (C=O) groups is 1. The fraction of sp³-hybridized carbons (Fsp3) is 0.154. The number of rotatable bonds is 6. The van der Waals surface area contributed by atoms with Crippen LogP contribution in [-0.4, -0.2) is 19.2 Å². The molecule has 1 aromatic rings. The van der Waals surface area contributed by atoms with Crippen molar-refractivity contribution in [3.8, 4) is 5.75 Å². The number of carbonyl (C=O) groups excluding carboxylic acids is 1. The van der Waals surface area contributed by atoms with Crippen LogP contribution < -0.4 is 10.5 Å². The molecule has 0 aliphatic heterocycles.